The fourth-order valence-electron chi connectivity index (χ4n) is 2.07. The van der Waals surface area contributed by atoms with E-state index >= 15 is 0 Å². The van der Waals surface area contributed by atoms with Crippen molar-refractivity contribution >= 4 is 18.3 Å². The van der Waals surface area contributed by atoms with Gasteiger partial charge in [0.1, 0.15) is 5.75 Å². The molecule has 0 aliphatic heterocycles. The Morgan fingerprint density at radius 3 is 2.77 bits per heavy atom. The van der Waals surface area contributed by atoms with Gasteiger partial charge in [0.05, 0.1) is 19.3 Å². The Balaban J connectivity index is 0.00000242. The molecule has 2 N–H and O–H groups in total. The van der Waals surface area contributed by atoms with Crippen molar-refractivity contribution in [3.63, 3.8) is 0 Å². The summed E-state index contributed by atoms with van der Waals surface area (Å²) in [6.45, 7) is 2.07. The molecule has 0 bridgehead atoms. The maximum atomic E-state index is 11.7. The van der Waals surface area contributed by atoms with Gasteiger partial charge >= 0.3 is 0 Å². The standard InChI is InChI=1S/C16H24N2O3.ClH/c1-20-10-9-17-12-16(19)18-11-13-5-2-3-8-15(13)21-14-6-4-7-14;/h2-3,5,8,14,17H,4,6-7,9-12H2,1H3,(H,18,19);1H. The first kappa shape index (κ1) is 18.7. The van der Waals surface area contributed by atoms with Crippen molar-refractivity contribution in [1.82, 2.24) is 10.6 Å². The lowest BCUT2D eigenvalue weighted by Crippen LogP contribution is -2.35. The molecule has 1 fully saturated rings. The van der Waals surface area contributed by atoms with Crippen LogP contribution in [0.1, 0.15) is 24.8 Å². The third-order valence-corrected chi connectivity index (χ3v) is 3.56. The van der Waals surface area contributed by atoms with Gasteiger partial charge in [0.15, 0.2) is 0 Å². The first-order valence-corrected chi connectivity index (χ1v) is 7.50. The number of methoxy groups -OCH3 is 1. The van der Waals surface area contributed by atoms with Crippen molar-refractivity contribution in [2.24, 2.45) is 0 Å². The topological polar surface area (TPSA) is 59.6 Å². The van der Waals surface area contributed by atoms with Crippen LogP contribution in [-0.4, -0.2) is 38.8 Å². The molecule has 0 heterocycles. The molecule has 0 spiro atoms. The van der Waals surface area contributed by atoms with Gasteiger partial charge in [0.2, 0.25) is 5.91 Å². The average Bonchev–Trinajstić information content (AvgIpc) is 2.46. The average molecular weight is 329 g/mol. The first-order chi connectivity index (χ1) is 10.3. The van der Waals surface area contributed by atoms with Crippen molar-refractivity contribution in [1.29, 1.82) is 0 Å². The number of rotatable bonds is 9. The van der Waals surface area contributed by atoms with Gasteiger partial charge in [-0.15, -0.1) is 12.4 Å². The number of ether oxygens (including phenoxy) is 2. The molecule has 1 aliphatic rings. The Morgan fingerprint density at radius 1 is 1.32 bits per heavy atom. The predicted octanol–water partition coefficient (Wildman–Crippen LogP) is 1.89. The Hall–Kier alpha value is -1.30. The van der Waals surface area contributed by atoms with Gasteiger partial charge < -0.3 is 20.1 Å². The van der Waals surface area contributed by atoms with Crippen molar-refractivity contribution in [2.75, 3.05) is 26.8 Å². The summed E-state index contributed by atoms with van der Waals surface area (Å²) in [7, 11) is 1.64. The van der Waals surface area contributed by atoms with Crippen LogP contribution in [0, 0.1) is 0 Å². The highest BCUT2D eigenvalue weighted by molar-refractivity contribution is 5.85. The minimum Gasteiger partial charge on any atom is -0.490 e. The molecule has 22 heavy (non-hydrogen) atoms. The summed E-state index contributed by atoms with van der Waals surface area (Å²) >= 11 is 0. The summed E-state index contributed by atoms with van der Waals surface area (Å²) in [6, 6.07) is 7.89. The van der Waals surface area contributed by atoms with Gasteiger partial charge in [0, 0.05) is 25.8 Å². The third-order valence-electron chi connectivity index (χ3n) is 3.56. The van der Waals surface area contributed by atoms with Crippen LogP contribution in [0.5, 0.6) is 5.75 Å². The number of nitrogens with one attached hydrogen (secondary N) is 2. The van der Waals surface area contributed by atoms with Gasteiger partial charge in [-0.05, 0) is 25.3 Å². The molecule has 0 aromatic heterocycles. The monoisotopic (exact) mass is 328 g/mol. The minimum absolute atomic E-state index is 0. The van der Waals surface area contributed by atoms with Gasteiger partial charge in [-0.25, -0.2) is 0 Å². The molecule has 1 aliphatic carbocycles. The number of hydrogen-bond donors (Lipinski definition) is 2. The lowest BCUT2D eigenvalue weighted by atomic mass is 9.96. The molecule has 0 saturated heterocycles. The summed E-state index contributed by atoms with van der Waals surface area (Å²) < 4.78 is 10.9. The Bertz CT molecular complexity index is 453. The van der Waals surface area contributed by atoms with E-state index in [9.17, 15) is 4.79 Å². The molecule has 124 valence electrons. The van der Waals surface area contributed by atoms with Crippen molar-refractivity contribution < 1.29 is 14.3 Å². The molecule has 6 heteroatoms. The molecule has 2 rings (SSSR count). The van der Waals surface area contributed by atoms with Crippen LogP contribution in [0.4, 0.5) is 0 Å². The van der Waals surface area contributed by atoms with E-state index in [1.165, 1.54) is 6.42 Å². The summed E-state index contributed by atoms with van der Waals surface area (Å²) in [4.78, 5) is 11.7. The van der Waals surface area contributed by atoms with E-state index < -0.39 is 0 Å². The zero-order chi connectivity index (χ0) is 14.9. The van der Waals surface area contributed by atoms with Gasteiger partial charge in [-0.2, -0.15) is 0 Å². The largest absolute Gasteiger partial charge is 0.490 e. The van der Waals surface area contributed by atoms with E-state index in [2.05, 4.69) is 10.6 Å². The van der Waals surface area contributed by atoms with E-state index in [0.29, 0.717) is 32.3 Å². The number of benzene rings is 1. The van der Waals surface area contributed by atoms with Gasteiger partial charge in [-0.1, -0.05) is 18.2 Å². The number of halogens is 1. The number of carbonyl (C=O) groups excluding carboxylic acids is 1. The molecular formula is C16H25ClN2O3. The molecule has 1 amide bonds. The lowest BCUT2D eigenvalue weighted by molar-refractivity contribution is -0.120. The number of carbonyl (C=O) groups is 1. The molecule has 5 nitrogen and oxygen atoms in total. The minimum atomic E-state index is -0.0236. The lowest BCUT2D eigenvalue weighted by Gasteiger charge is -2.27. The molecule has 1 saturated carbocycles. The summed E-state index contributed by atoms with van der Waals surface area (Å²) in [6.07, 6.45) is 3.85. The fourth-order valence-corrected chi connectivity index (χ4v) is 2.07. The quantitative estimate of drug-likeness (QED) is 0.680. The summed E-state index contributed by atoms with van der Waals surface area (Å²) in [5, 5.41) is 5.92. The highest BCUT2D eigenvalue weighted by atomic mass is 35.5. The van der Waals surface area contributed by atoms with Crippen molar-refractivity contribution in [3.8, 4) is 5.75 Å². The van der Waals surface area contributed by atoms with Gasteiger partial charge in [-0.3, -0.25) is 4.79 Å². The third kappa shape index (κ3) is 6.22. The molecule has 1 aromatic carbocycles. The smallest absolute Gasteiger partial charge is 0.234 e. The number of amides is 1. The molecule has 1 aromatic rings. The molecular weight excluding hydrogens is 304 g/mol. The summed E-state index contributed by atoms with van der Waals surface area (Å²) in [5.74, 6) is 0.861. The van der Waals surface area contributed by atoms with Crippen LogP contribution in [0.25, 0.3) is 0 Å². The number of para-hydroxylation sites is 1. The predicted molar refractivity (Wildman–Crippen MR) is 88.5 cm³/mol. The second-order valence-corrected chi connectivity index (χ2v) is 5.22. The highest BCUT2D eigenvalue weighted by Crippen LogP contribution is 2.27. The summed E-state index contributed by atoms with van der Waals surface area (Å²) in [5.41, 5.74) is 1.02. The Kier molecular flexibility index (Phi) is 8.89. The maximum absolute atomic E-state index is 11.7. The molecule has 0 unspecified atom stereocenters. The maximum Gasteiger partial charge on any atom is 0.234 e. The first-order valence-electron chi connectivity index (χ1n) is 7.50. The Morgan fingerprint density at radius 2 is 2.09 bits per heavy atom. The molecule has 0 atom stereocenters. The van der Waals surface area contributed by atoms with Crippen LogP contribution in [0.3, 0.4) is 0 Å². The van der Waals surface area contributed by atoms with Crippen LogP contribution in [0.2, 0.25) is 0 Å². The van der Waals surface area contributed by atoms with E-state index in [1.54, 1.807) is 7.11 Å². The molecule has 0 radical (unpaired) electrons. The second-order valence-electron chi connectivity index (χ2n) is 5.22. The van der Waals surface area contributed by atoms with Crippen LogP contribution >= 0.6 is 12.4 Å². The zero-order valence-electron chi connectivity index (χ0n) is 13.0. The van der Waals surface area contributed by atoms with E-state index in [4.69, 9.17) is 9.47 Å². The van der Waals surface area contributed by atoms with E-state index in [-0.39, 0.29) is 18.3 Å². The second kappa shape index (κ2) is 10.4. The van der Waals surface area contributed by atoms with E-state index in [1.807, 2.05) is 24.3 Å². The Labute approximate surface area is 138 Å². The van der Waals surface area contributed by atoms with Crippen LogP contribution < -0.4 is 15.4 Å². The number of hydrogen-bond acceptors (Lipinski definition) is 4. The normalized spacial score (nSPS) is 13.9. The van der Waals surface area contributed by atoms with Crippen molar-refractivity contribution in [3.05, 3.63) is 29.8 Å². The van der Waals surface area contributed by atoms with Crippen LogP contribution in [0.15, 0.2) is 24.3 Å². The van der Waals surface area contributed by atoms with Crippen LogP contribution in [-0.2, 0) is 16.1 Å². The highest BCUT2D eigenvalue weighted by Gasteiger charge is 2.20. The van der Waals surface area contributed by atoms with Gasteiger partial charge in [0.25, 0.3) is 0 Å². The SMILES string of the molecule is COCCNCC(=O)NCc1ccccc1OC1CCC1.Cl. The fraction of sp³-hybridized carbons (Fsp3) is 0.562. The van der Waals surface area contributed by atoms with E-state index in [0.717, 1.165) is 24.2 Å². The van der Waals surface area contributed by atoms with Crippen molar-refractivity contribution in [2.45, 2.75) is 31.9 Å². The zero-order valence-corrected chi connectivity index (χ0v) is 13.8.